The highest BCUT2D eigenvalue weighted by atomic mass is 16.6. The van der Waals surface area contributed by atoms with Crippen LogP contribution in [0.1, 0.15) is 31.1 Å². The number of nitro benzene ring substituents is 1. The van der Waals surface area contributed by atoms with Crippen LogP contribution in [-0.4, -0.2) is 32.5 Å². The maximum atomic E-state index is 10.9. The molecular weight excluding hydrogens is 294 g/mol. The summed E-state index contributed by atoms with van der Waals surface area (Å²) in [6, 6.07) is 10.2. The molecule has 0 radical (unpaired) electrons. The summed E-state index contributed by atoms with van der Waals surface area (Å²) in [5, 5.41) is 21.3. The van der Waals surface area contributed by atoms with Gasteiger partial charge in [0.25, 0.3) is 5.69 Å². The van der Waals surface area contributed by atoms with Gasteiger partial charge in [0.2, 0.25) is 0 Å². The normalized spacial score (nSPS) is 12.6. The standard InChI is InChI=1S/C17H21N3O3/c1-13(2)19(11-14-5-4-8-18-10-14)12-17(21)15-6-3-7-16(9-15)20(22)23/h3-10,13,17,21H,11-12H2,1-2H3. The molecule has 0 saturated carbocycles. The van der Waals surface area contributed by atoms with E-state index in [1.807, 2.05) is 12.1 Å². The Morgan fingerprint density at radius 3 is 2.70 bits per heavy atom. The zero-order valence-electron chi connectivity index (χ0n) is 13.3. The van der Waals surface area contributed by atoms with Crippen molar-refractivity contribution in [1.82, 2.24) is 9.88 Å². The molecule has 0 amide bonds. The van der Waals surface area contributed by atoms with Crippen molar-refractivity contribution in [1.29, 1.82) is 0 Å². The van der Waals surface area contributed by atoms with Crippen LogP contribution in [0.4, 0.5) is 5.69 Å². The molecule has 0 bridgehead atoms. The first-order valence-corrected chi connectivity index (χ1v) is 7.52. The second-order valence-corrected chi connectivity index (χ2v) is 5.75. The summed E-state index contributed by atoms with van der Waals surface area (Å²) in [5.74, 6) is 0. The summed E-state index contributed by atoms with van der Waals surface area (Å²) in [4.78, 5) is 16.6. The van der Waals surface area contributed by atoms with Gasteiger partial charge < -0.3 is 5.11 Å². The molecule has 1 atom stereocenters. The van der Waals surface area contributed by atoms with Gasteiger partial charge in [-0.25, -0.2) is 0 Å². The average Bonchev–Trinajstić information content (AvgIpc) is 2.55. The number of aliphatic hydroxyl groups is 1. The topological polar surface area (TPSA) is 79.5 Å². The van der Waals surface area contributed by atoms with E-state index in [0.29, 0.717) is 18.7 Å². The highest BCUT2D eigenvalue weighted by Gasteiger charge is 2.18. The van der Waals surface area contributed by atoms with Gasteiger partial charge in [-0.3, -0.25) is 20.0 Å². The largest absolute Gasteiger partial charge is 0.387 e. The van der Waals surface area contributed by atoms with Crippen LogP contribution in [0.15, 0.2) is 48.8 Å². The quantitative estimate of drug-likeness (QED) is 0.627. The molecular formula is C17H21N3O3. The van der Waals surface area contributed by atoms with Crippen molar-refractivity contribution in [3.05, 3.63) is 70.0 Å². The molecule has 1 N–H and O–H groups in total. The van der Waals surface area contributed by atoms with Crippen LogP contribution in [-0.2, 0) is 6.54 Å². The maximum Gasteiger partial charge on any atom is 0.269 e. The van der Waals surface area contributed by atoms with Crippen LogP contribution in [0, 0.1) is 10.1 Å². The van der Waals surface area contributed by atoms with Crippen LogP contribution in [0.25, 0.3) is 0 Å². The third kappa shape index (κ3) is 4.84. The number of aliphatic hydroxyl groups excluding tert-OH is 1. The molecule has 1 aromatic heterocycles. The van der Waals surface area contributed by atoms with E-state index in [1.54, 1.807) is 24.5 Å². The summed E-state index contributed by atoms with van der Waals surface area (Å²) in [7, 11) is 0. The van der Waals surface area contributed by atoms with E-state index in [9.17, 15) is 15.2 Å². The first-order chi connectivity index (χ1) is 11.0. The lowest BCUT2D eigenvalue weighted by Crippen LogP contribution is -2.34. The number of nitro groups is 1. The number of nitrogens with zero attached hydrogens (tertiary/aromatic N) is 3. The van der Waals surface area contributed by atoms with Gasteiger partial charge in [-0.15, -0.1) is 0 Å². The minimum absolute atomic E-state index is 0.00935. The fraction of sp³-hybridized carbons (Fsp3) is 0.353. The lowest BCUT2D eigenvalue weighted by atomic mass is 10.1. The summed E-state index contributed by atoms with van der Waals surface area (Å²) in [5.41, 5.74) is 1.60. The number of non-ortho nitro benzene ring substituents is 1. The van der Waals surface area contributed by atoms with Crippen molar-refractivity contribution in [2.75, 3.05) is 6.54 Å². The number of rotatable bonds is 7. The van der Waals surface area contributed by atoms with Gasteiger partial charge in [-0.2, -0.15) is 0 Å². The molecule has 1 aromatic carbocycles. The van der Waals surface area contributed by atoms with E-state index in [0.717, 1.165) is 5.56 Å². The minimum Gasteiger partial charge on any atom is -0.387 e. The second kappa shape index (κ2) is 7.80. The first-order valence-electron chi connectivity index (χ1n) is 7.52. The summed E-state index contributed by atoms with van der Waals surface area (Å²) >= 11 is 0. The Balaban J connectivity index is 2.10. The van der Waals surface area contributed by atoms with Gasteiger partial charge >= 0.3 is 0 Å². The highest BCUT2D eigenvalue weighted by Crippen LogP contribution is 2.21. The van der Waals surface area contributed by atoms with E-state index < -0.39 is 11.0 Å². The van der Waals surface area contributed by atoms with Crippen molar-refractivity contribution in [3.63, 3.8) is 0 Å². The Morgan fingerprint density at radius 1 is 1.30 bits per heavy atom. The molecule has 122 valence electrons. The number of benzene rings is 1. The molecule has 6 nitrogen and oxygen atoms in total. The van der Waals surface area contributed by atoms with Gasteiger partial charge in [0.1, 0.15) is 0 Å². The van der Waals surface area contributed by atoms with E-state index >= 15 is 0 Å². The maximum absolute atomic E-state index is 10.9. The predicted molar refractivity (Wildman–Crippen MR) is 87.8 cm³/mol. The van der Waals surface area contributed by atoms with Crippen LogP contribution in [0.2, 0.25) is 0 Å². The smallest absolute Gasteiger partial charge is 0.269 e. The SMILES string of the molecule is CC(C)N(Cc1cccnc1)CC(O)c1cccc([N+](=O)[O-])c1. The third-order valence-electron chi connectivity index (χ3n) is 3.71. The number of hydrogen-bond acceptors (Lipinski definition) is 5. The summed E-state index contributed by atoms with van der Waals surface area (Å²) < 4.78 is 0. The van der Waals surface area contributed by atoms with Gasteiger partial charge in [-0.1, -0.05) is 18.2 Å². The molecule has 2 aromatic rings. The fourth-order valence-corrected chi connectivity index (χ4v) is 2.36. The molecule has 2 rings (SSSR count). The monoisotopic (exact) mass is 315 g/mol. The molecule has 0 aliphatic rings. The van der Waals surface area contributed by atoms with Crippen molar-refractivity contribution in [2.24, 2.45) is 0 Å². The lowest BCUT2D eigenvalue weighted by molar-refractivity contribution is -0.385. The van der Waals surface area contributed by atoms with Gasteiger partial charge in [0.05, 0.1) is 11.0 Å². The van der Waals surface area contributed by atoms with Gasteiger partial charge in [-0.05, 0) is 31.0 Å². The van der Waals surface area contributed by atoms with Gasteiger partial charge in [0, 0.05) is 43.7 Å². The molecule has 0 spiro atoms. The van der Waals surface area contributed by atoms with Crippen molar-refractivity contribution >= 4 is 5.69 Å². The average molecular weight is 315 g/mol. The second-order valence-electron chi connectivity index (χ2n) is 5.75. The van der Waals surface area contributed by atoms with Crippen molar-refractivity contribution in [3.8, 4) is 0 Å². The fourth-order valence-electron chi connectivity index (χ4n) is 2.36. The van der Waals surface area contributed by atoms with Crippen molar-refractivity contribution < 1.29 is 10.0 Å². The van der Waals surface area contributed by atoms with E-state index in [4.69, 9.17) is 0 Å². The van der Waals surface area contributed by atoms with E-state index in [2.05, 4.69) is 23.7 Å². The Hall–Kier alpha value is -2.31. The molecule has 6 heteroatoms. The van der Waals surface area contributed by atoms with Crippen molar-refractivity contribution in [2.45, 2.75) is 32.5 Å². The Bertz CT molecular complexity index is 647. The lowest BCUT2D eigenvalue weighted by Gasteiger charge is -2.28. The van der Waals surface area contributed by atoms with Gasteiger partial charge in [0.15, 0.2) is 0 Å². The molecule has 0 saturated heterocycles. The molecule has 0 aliphatic heterocycles. The zero-order valence-corrected chi connectivity index (χ0v) is 13.3. The summed E-state index contributed by atoms with van der Waals surface area (Å²) in [6.07, 6.45) is 2.74. The minimum atomic E-state index is -0.783. The molecule has 1 unspecified atom stereocenters. The van der Waals surface area contributed by atoms with E-state index in [1.165, 1.54) is 12.1 Å². The van der Waals surface area contributed by atoms with Crippen LogP contribution < -0.4 is 0 Å². The molecule has 23 heavy (non-hydrogen) atoms. The molecule has 0 aliphatic carbocycles. The highest BCUT2D eigenvalue weighted by molar-refractivity contribution is 5.35. The molecule has 0 fully saturated rings. The Kier molecular flexibility index (Phi) is 5.78. The first kappa shape index (κ1) is 17.1. The number of pyridine rings is 1. The summed E-state index contributed by atoms with van der Waals surface area (Å²) in [6.45, 7) is 5.16. The number of aromatic nitrogens is 1. The Morgan fingerprint density at radius 2 is 2.09 bits per heavy atom. The third-order valence-corrected chi connectivity index (χ3v) is 3.71. The number of hydrogen-bond donors (Lipinski definition) is 1. The van der Waals surface area contributed by atoms with Crippen LogP contribution in [0.5, 0.6) is 0 Å². The Labute approximate surface area is 135 Å². The van der Waals surface area contributed by atoms with E-state index in [-0.39, 0.29) is 11.7 Å². The predicted octanol–water partition coefficient (Wildman–Crippen LogP) is 2.93. The molecule has 1 heterocycles. The van der Waals surface area contributed by atoms with Crippen LogP contribution in [0.3, 0.4) is 0 Å². The van der Waals surface area contributed by atoms with Crippen LogP contribution >= 0.6 is 0 Å². The zero-order chi connectivity index (χ0) is 16.8.